The monoisotopic (exact) mass is 333 g/mol. The number of rotatable bonds is 3. The standard InChI is InChI=1S/C15H9F2N3O2S/c16-11-3-1-2-10(12(11)17)13-18-19-15(23)20(13)9-6-4-8(5-7-9)14(21)22/h1-7H,(H,19,23)(H,21,22). The molecule has 1 heterocycles. The maximum Gasteiger partial charge on any atom is 0.335 e. The Morgan fingerprint density at radius 3 is 2.52 bits per heavy atom. The van der Waals surface area contributed by atoms with Crippen molar-refractivity contribution in [3.05, 3.63) is 64.4 Å². The Kier molecular flexibility index (Phi) is 3.75. The van der Waals surface area contributed by atoms with Crippen molar-refractivity contribution in [2.45, 2.75) is 0 Å². The zero-order chi connectivity index (χ0) is 16.6. The number of carboxylic acid groups (broad SMARTS) is 1. The highest BCUT2D eigenvalue weighted by Crippen LogP contribution is 2.25. The molecule has 0 fully saturated rings. The SMILES string of the molecule is O=C(O)c1ccc(-n2c(-c3cccc(F)c3F)n[nH]c2=S)cc1. The summed E-state index contributed by atoms with van der Waals surface area (Å²) >= 11 is 5.13. The van der Waals surface area contributed by atoms with E-state index in [0.717, 1.165) is 6.07 Å². The van der Waals surface area contributed by atoms with E-state index >= 15 is 0 Å². The van der Waals surface area contributed by atoms with Crippen molar-refractivity contribution < 1.29 is 18.7 Å². The van der Waals surface area contributed by atoms with Gasteiger partial charge in [0.25, 0.3) is 0 Å². The van der Waals surface area contributed by atoms with Gasteiger partial charge in [0.05, 0.1) is 16.8 Å². The fraction of sp³-hybridized carbons (Fsp3) is 0. The minimum Gasteiger partial charge on any atom is -0.478 e. The van der Waals surface area contributed by atoms with Crippen LogP contribution in [0.2, 0.25) is 0 Å². The third kappa shape index (κ3) is 2.64. The van der Waals surface area contributed by atoms with Gasteiger partial charge in [-0.3, -0.25) is 9.67 Å². The van der Waals surface area contributed by atoms with E-state index in [0.29, 0.717) is 5.69 Å². The number of H-pyrrole nitrogens is 1. The van der Waals surface area contributed by atoms with E-state index in [9.17, 15) is 13.6 Å². The first-order valence-electron chi connectivity index (χ1n) is 6.44. The molecule has 0 bridgehead atoms. The molecule has 0 unspecified atom stereocenters. The van der Waals surface area contributed by atoms with Crippen molar-refractivity contribution >= 4 is 18.2 Å². The molecule has 0 saturated heterocycles. The minimum atomic E-state index is -1.07. The Hall–Kier alpha value is -2.87. The van der Waals surface area contributed by atoms with Crippen LogP contribution in [0.3, 0.4) is 0 Å². The molecule has 0 aliphatic rings. The van der Waals surface area contributed by atoms with Crippen LogP contribution in [0, 0.1) is 16.4 Å². The molecule has 0 aliphatic heterocycles. The molecule has 3 rings (SSSR count). The van der Waals surface area contributed by atoms with Gasteiger partial charge in [0.2, 0.25) is 0 Å². The Bertz CT molecular complexity index is 948. The van der Waals surface area contributed by atoms with Crippen LogP contribution in [0.15, 0.2) is 42.5 Å². The predicted molar refractivity (Wildman–Crippen MR) is 81.1 cm³/mol. The summed E-state index contributed by atoms with van der Waals surface area (Å²) in [4.78, 5) is 10.9. The van der Waals surface area contributed by atoms with Crippen LogP contribution in [0.1, 0.15) is 10.4 Å². The lowest BCUT2D eigenvalue weighted by Crippen LogP contribution is -2.02. The maximum absolute atomic E-state index is 14.0. The van der Waals surface area contributed by atoms with Crippen molar-refractivity contribution in [1.82, 2.24) is 14.8 Å². The molecular formula is C15H9F2N3O2S. The van der Waals surface area contributed by atoms with Gasteiger partial charge in [-0.05, 0) is 48.6 Å². The second kappa shape index (κ2) is 5.73. The fourth-order valence-corrected chi connectivity index (χ4v) is 2.38. The second-order valence-electron chi connectivity index (χ2n) is 4.64. The zero-order valence-corrected chi connectivity index (χ0v) is 12.3. The Labute approximate surface area is 133 Å². The summed E-state index contributed by atoms with van der Waals surface area (Å²) in [5.41, 5.74) is 0.523. The molecule has 116 valence electrons. The van der Waals surface area contributed by atoms with Crippen molar-refractivity contribution in [2.24, 2.45) is 0 Å². The Morgan fingerprint density at radius 1 is 1.17 bits per heavy atom. The molecule has 0 saturated carbocycles. The number of halogens is 2. The van der Waals surface area contributed by atoms with Crippen LogP contribution < -0.4 is 0 Å². The minimum absolute atomic E-state index is 0.0559. The highest BCUT2D eigenvalue weighted by molar-refractivity contribution is 7.71. The first-order valence-corrected chi connectivity index (χ1v) is 6.85. The number of hydrogen-bond donors (Lipinski definition) is 2. The second-order valence-corrected chi connectivity index (χ2v) is 5.03. The molecule has 0 aliphatic carbocycles. The molecule has 23 heavy (non-hydrogen) atoms. The summed E-state index contributed by atoms with van der Waals surface area (Å²) in [5, 5.41) is 15.4. The van der Waals surface area contributed by atoms with Gasteiger partial charge in [0, 0.05) is 0 Å². The lowest BCUT2D eigenvalue weighted by molar-refractivity contribution is 0.0697. The number of benzene rings is 2. The maximum atomic E-state index is 14.0. The molecule has 0 spiro atoms. The van der Waals surface area contributed by atoms with Crippen LogP contribution in [0.25, 0.3) is 17.1 Å². The number of aromatic nitrogens is 3. The smallest absolute Gasteiger partial charge is 0.335 e. The summed E-state index contributed by atoms with van der Waals surface area (Å²) in [6.07, 6.45) is 0. The molecule has 8 heteroatoms. The summed E-state index contributed by atoms with van der Waals surface area (Å²) in [7, 11) is 0. The van der Waals surface area contributed by atoms with Gasteiger partial charge in [0.1, 0.15) is 0 Å². The summed E-state index contributed by atoms with van der Waals surface area (Å²) in [5.74, 6) is -3.01. The molecule has 5 nitrogen and oxygen atoms in total. The van der Waals surface area contributed by atoms with Gasteiger partial charge >= 0.3 is 5.97 Å². The van der Waals surface area contributed by atoms with Gasteiger partial charge in [0.15, 0.2) is 22.2 Å². The highest BCUT2D eigenvalue weighted by atomic mass is 32.1. The molecule has 0 radical (unpaired) electrons. The Balaban J connectivity index is 2.18. The predicted octanol–water partition coefficient (Wildman–Crippen LogP) is 3.57. The van der Waals surface area contributed by atoms with E-state index < -0.39 is 17.6 Å². The van der Waals surface area contributed by atoms with E-state index in [1.165, 1.54) is 41.0 Å². The average molecular weight is 333 g/mol. The lowest BCUT2D eigenvalue weighted by Gasteiger charge is -2.08. The number of carbonyl (C=O) groups is 1. The third-order valence-electron chi connectivity index (χ3n) is 3.24. The fourth-order valence-electron chi connectivity index (χ4n) is 2.15. The summed E-state index contributed by atoms with van der Waals surface area (Å²) < 4.78 is 29.0. The van der Waals surface area contributed by atoms with Gasteiger partial charge in [-0.1, -0.05) is 6.07 Å². The van der Waals surface area contributed by atoms with E-state index in [4.69, 9.17) is 17.3 Å². The number of carboxylic acids is 1. The first kappa shape index (κ1) is 15.0. The van der Waals surface area contributed by atoms with Gasteiger partial charge in [-0.25, -0.2) is 13.6 Å². The van der Waals surface area contributed by atoms with E-state index in [2.05, 4.69) is 10.2 Å². The quantitative estimate of drug-likeness (QED) is 0.719. The van der Waals surface area contributed by atoms with Gasteiger partial charge in [-0.15, -0.1) is 0 Å². The average Bonchev–Trinajstić information content (AvgIpc) is 2.91. The van der Waals surface area contributed by atoms with Crippen molar-refractivity contribution in [3.8, 4) is 17.1 Å². The van der Waals surface area contributed by atoms with Crippen LogP contribution in [-0.4, -0.2) is 25.8 Å². The van der Waals surface area contributed by atoms with Crippen LogP contribution in [0.4, 0.5) is 8.78 Å². The number of nitrogens with zero attached hydrogens (tertiary/aromatic N) is 2. The number of nitrogens with one attached hydrogen (secondary N) is 1. The number of aromatic carboxylic acids is 1. The van der Waals surface area contributed by atoms with Crippen molar-refractivity contribution in [2.75, 3.05) is 0 Å². The van der Waals surface area contributed by atoms with Gasteiger partial charge < -0.3 is 5.11 Å². The molecule has 2 N–H and O–H groups in total. The third-order valence-corrected chi connectivity index (χ3v) is 3.51. The Morgan fingerprint density at radius 2 is 1.87 bits per heavy atom. The zero-order valence-electron chi connectivity index (χ0n) is 11.5. The van der Waals surface area contributed by atoms with Crippen molar-refractivity contribution in [3.63, 3.8) is 0 Å². The van der Waals surface area contributed by atoms with Crippen molar-refractivity contribution in [1.29, 1.82) is 0 Å². The molecule has 3 aromatic rings. The van der Waals surface area contributed by atoms with Gasteiger partial charge in [-0.2, -0.15) is 5.10 Å². The van der Waals surface area contributed by atoms with Crippen LogP contribution in [0.5, 0.6) is 0 Å². The molecule has 0 atom stereocenters. The molecule has 0 amide bonds. The summed E-state index contributed by atoms with van der Waals surface area (Å²) in [6.45, 7) is 0. The largest absolute Gasteiger partial charge is 0.478 e. The molecular weight excluding hydrogens is 324 g/mol. The van der Waals surface area contributed by atoms with Crippen LogP contribution in [-0.2, 0) is 0 Å². The lowest BCUT2D eigenvalue weighted by atomic mass is 10.1. The molecule has 2 aromatic carbocycles. The highest BCUT2D eigenvalue weighted by Gasteiger charge is 2.17. The number of aromatic amines is 1. The van der Waals surface area contributed by atoms with E-state index in [1.807, 2.05) is 0 Å². The molecule has 1 aromatic heterocycles. The van der Waals surface area contributed by atoms with Crippen LogP contribution >= 0.6 is 12.2 Å². The normalized spacial score (nSPS) is 10.7. The first-order chi connectivity index (χ1) is 11.0. The number of hydrogen-bond acceptors (Lipinski definition) is 3. The van der Waals surface area contributed by atoms with E-state index in [1.54, 1.807) is 0 Å². The summed E-state index contributed by atoms with van der Waals surface area (Å²) in [6, 6.07) is 9.54. The topological polar surface area (TPSA) is 70.9 Å². The van der Waals surface area contributed by atoms with E-state index in [-0.39, 0.29) is 21.7 Å².